The van der Waals surface area contributed by atoms with Gasteiger partial charge in [0.05, 0.1) is 10.4 Å². The van der Waals surface area contributed by atoms with E-state index in [1.807, 2.05) is 11.8 Å². The molecule has 154 valence electrons. The molecule has 2 aliphatic heterocycles. The average molecular weight is 426 g/mol. The van der Waals surface area contributed by atoms with Crippen LogP contribution in [0.25, 0.3) is 11.1 Å². The molecule has 0 radical (unpaired) electrons. The summed E-state index contributed by atoms with van der Waals surface area (Å²) in [4.78, 5) is 14.4. The van der Waals surface area contributed by atoms with Gasteiger partial charge in [0.1, 0.15) is 0 Å². The van der Waals surface area contributed by atoms with Crippen LogP contribution in [0.1, 0.15) is 25.7 Å². The standard InChI is InChI=1S/C19H27N3O4S2/c1-21-17-12-16(2-3-18(17)26-19(21)23)28(24,25)20-13-14-4-8-22(9-5-14)15-6-10-27-11-7-15/h2-3,12,14-15,20H,4-11,13H2,1H3. The lowest BCUT2D eigenvalue weighted by Crippen LogP contribution is -2.44. The molecule has 2 aromatic rings. The summed E-state index contributed by atoms with van der Waals surface area (Å²) in [6, 6.07) is 5.22. The minimum Gasteiger partial charge on any atom is -0.408 e. The van der Waals surface area contributed by atoms with E-state index in [9.17, 15) is 13.2 Å². The van der Waals surface area contributed by atoms with E-state index in [0.717, 1.165) is 25.9 Å². The summed E-state index contributed by atoms with van der Waals surface area (Å²) in [6.07, 6.45) is 4.62. The molecule has 0 bridgehead atoms. The largest absolute Gasteiger partial charge is 0.419 e. The van der Waals surface area contributed by atoms with Crippen molar-refractivity contribution in [1.82, 2.24) is 14.2 Å². The van der Waals surface area contributed by atoms with Gasteiger partial charge in [0.25, 0.3) is 0 Å². The van der Waals surface area contributed by atoms with Gasteiger partial charge < -0.3 is 9.32 Å². The van der Waals surface area contributed by atoms with Crippen molar-refractivity contribution in [2.24, 2.45) is 13.0 Å². The Morgan fingerprint density at radius 1 is 1.18 bits per heavy atom. The van der Waals surface area contributed by atoms with Gasteiger partial charge in [-0.15, -0.1) is 0 Å². The third-order valence-electron chi connectivity index (χ3n) is 5.99. The molecule has 0 aliphatic carbocycles. The predicted octanol–water partition coefficient (Wildman–Crippen LogP) is 2.02. The van der Waals surface area contributed by atoms with Crippen molar-refractivity contribution >= 4 is 32.9 Å². The third-order valence-corrected chi connectivity index (χ3v) is 8.46. The fourth-order valence-electron chi connectivity index (χ4n) is 4.16. The zero-order valence-corrected chi connectivity index (χ0v) is 17.7. The number of piperidine rings is 1. The molecule has 9 heteroatoms. The number of likely N-dealkylation sites (tertiary alicyclic amines) is 1. The molecule has 0 saturated carbocycles. The number of thioether (sulfide) groups is 1. The quantitative estimate of drug-likeness (QED) is 0.789. The van der Waals surface area contributed by atoms with Crippen molar-refractivity contribution < 1.29 is 12.8 Å². The summed E-state index contributed by atoms with van der Waals surface area (Å²) in [7, 11) is -2.05. The Balaban J connectivity index is 1.35. The number of nitrogens with zero attached hydrogens (tertiary/aromatic N) is 2. The van der Waals surface area contributed by atoms with Gasteiger partial charge in [0.2, 0.25) is 10.0 Å². The molecule has 4 rings (SSSR count). The predicted molar refractivity (Wildman–Crippen MR) is 111 cm³/mol. The van der Waals surface area contributed by atoms with Gasteiger partial charge in [0.15, 0.2) is 5.58 Å². The van der Waals surface area contributed by atoms with Gasteiger partial charge in [-0.3, -0.25) is 4.57 Å². The molecular formula is C19H27N3O4S2. The van der Waals surface area contributed by atoms with E-state index in [4.69, 9.17) is 4.42 Å². The second kappa shape index (κ2) is 8.22. The van der Waals surface area contributed by atoms with Crippen LogP contribution in [0.15, 0.2) is 32.3 Å². The van der Waals surface area contributed by atoms with Crippen molar-refractivity contribution in [1.29, 1.82) is 0 Å². The normalized spacial score (nSPS) is 20.8. The van der Waals surface area contributed by atoms with Crippen LogP contribution in [0.3, 0.4) is 0 Å². The number of aryl methyl sites for hydroxylation is 1. The molecule has 7 nitrogen and oxygen atoms in total. The number of sulfonamides is 1. The Morgan fingerprint density at radius 3 is 2.61 bits per heavy atom. The summed E-state index contributed by atoms with van der Waals surface area (Å²) in [5, 5.41) is 0. The van der Waals surface area contributed by atoms with Crippen LogP contribution in [0.5, 0.6) is 0 Å². The molecular weight excluding hydrogens is 398 g/mol. The molecule has 1 N–H and O–H groups in total. The van der Waals surface area contributed by atoms with Crippen LogP contribution >= 0.6 is 11.8 Å². The van der Waals surface area contributed by atoms with Crippen LogP contribution in [-0.2, 0) is 17.1 Å². The van der Waals surface area contributed by atoms with E-state index in [0.29, 0.717) is 29.6 Å². The second-order valence-corrected chi connectivity index (χ2v) is 10.7. The van der Waals surface area contributed by atoms with Gasteiger partial charge in [0, 0.05) is 19.6 Å². The van der Waals surface area contributed by atoms with Crippen molar-refractivity contribution in [3.8, 4) is 0 Å². The highest BCUT2D eigenvalue weighted by atomic mass is 32.2. The number of aromatic nitrogens is 1. The van der Waals surface area contributed by atoms with E-state index < -0.39 is 15.8 Å². The zero-order valence-electron chi connectivity index (χ0n) is 16.1. The van der Waals surface area contributed by atoms with E-state index >= 15 is 0 Å². The van der Waals surface area contributed by atoms with Crippen LogP contribution in [-0.4, -0.2) is 55.1 Å². The molecule has 0 spiro atoms. The van der Waals surface area contributed by atoms with E-state index in [2.05, 4.69) is 9.62 Å². The minimum atomic E-state index is -3.62. The highest BCUT2D eigenvalue weighted by Crippen LogP contribution is 2.26. The van der Waals surface area contributed by atoms with Gasteiger partial charge in [-0.2, -0.15) is 11.8 Å². The molecule has 3 heterocycles. The highest BCUT2D eigenvalue weighted by Gasteiger charge is 2.27. The number of fused-ring (bicyclic) bond motifs is 1. The first-order chi connectivity index (χ1) is 13.4. The summed E-state index contributed by atoms with van der Waals surface area (Å²) in [6.45, 7) is 2.58. The van der Waals surface area contributed by atoms with Crippen LogP contribution in [0, 0.1) is 5.92 Å². The molecule has 0 amide bonds. The lowest BCUT2D eigenvalue weighted by Gasteiger charge is -2.39. The Hall–Kier alpha value is -1.29. The topological polar surface area (TPSA) is 84.5 Å². The second-order valence-electron chi connectivity index (χ2n) is 7.73. The summed E-state index contributed by atoms with van der Waals surface area (Å²) in [5.41, 5.74) is 0.867. The Labute approximate surface area is 169 Å². The molecule has 1 aromatic carbocycles. The average Bonchev–Trinajstić information content (AvgIpc) is 3.01. The molecule has 2 fully saturated rings. The first-order valence-corrected chi connectivity index (χ1v) is 12.5. The first-order valence-electron chi connectivity index (χ1n) is 9.85. The van der Waals surface area contributed by atoms with E-state index in [-0.39, 0.29) is 4.90 Å². The zero-order chi connectivity index (χ0) is 19.7. The maximum absolute atomic E-state index is 12.7. The Morgan fingerprint density at radius 2 is 1.89 bits per heavy atom. The fourth-order valence-corrected chi connectivity index (χ4v) is 6.37. The van der Waals surface area contributed by atoms with Gasteiger partial charge in [-0.25, -0.2) is 17.9 Å². The maximum atomic E-state index is 12.7. The number of benzene rings is 1. The monoisotopic (exact) mass is 425 g/mol. The number of hydrogen-bond acceptors (Lipinski definition) is 6. The van der Waals surface area contributed by atoms with Crippen LogP contribution in [0.2, 0.25) is 0 Å². The SMILES string of the molecule is Cn1c(=O)oc2ccc(S(=O)(=O)NCC3CCN(C4CCSCC4)CC3)cc21. The summed E-state index contributed by atoms with van der Waals surface area (Å²) >= 11 is 2.05. The lowest BCUT2D eigenvalue weighted by atomic mass is 9.95. The molecule has 0 unspecified atom stereocenters. The third kappa shape index (κ3) is 4.17. The van der Waals surface area contributed by atoms with Crippen molar-refractivity contribution in [3.05, 3.63) is 28.7 Å². The molecule has 1 aromatic heterocycles. The molecule has 2 saturated heterocycles. The number of rotatable bonds is 5. The molecule has 28 heavy (non-hydrogen) atoms. The summed E-state index contributed by atoms with van der Waals surface area (Å²) < 4.78 is 34.6. The van der Waals surface area contributed by atoms with Crippen molar-refractivity contribution in [3.63, 3.8) is 0 Å². The van der Waals surface area contributed by atoms with Crippen LogP contribution < -0.4 is 10.5 Å². The van der Waals surface area contributed by atoms with Gasteiger partial charge in [-0.1, -0.05) is 0 Å². The van der Waals surface area contributed by atoms with Gasteiger partial charge in [-0.05, 0) is 74.4 Å². The molecule has 0 atom stereocenters. The van der Waals surface area contributed by atoms with Gasteiger partial charge >= 0.3 is 5.76 Å². The maximum Gasteiger partial charge on any atom is 0.419 e. The van der Waals surface area contributed by atoms with Crippen molar-refractivity contribution in [2.75, 3.05) is 31.1 Å². The number of hydrogen-bond donors (Lipinski definition) is 1. The Bertz CT molecular complexity index is 984. The highest BCUT2D eigenvalue weighted by molar-refractivity contribution is 7.99. The Kier molecular flexibility index (Phi) is 5.87. The molecule has 2 aliphatic rings. The lowest BCUT2D eigenvalue weighted by molar-refractivity contribution is 0.127. The fraction of sp³-hybridized carbons (Fsp3) is 0.632. The van der Waals surface area contributed by atoms with Crippen LogP contribution in [0.4, 0.5) is 0 Å². The number of oxazole rings is 1. The minimum absolute atomic E-state index is 0.161. The van der Waals surface area contributed by atoms with Crippen molar-refractivity contribution in [2.45, 2.75) is 36.6 Å². The number of nitrogens with one attached hydrogen (secondary N) is 1. The first kappa shape index (κ1) is 20.0. The van der Waals surface area contributed by atoms with E-state index in [1.165, 1.54) is 47.1 Å². The summed E-state index contributed by atoms with van der Waals surface area (Å²) in [5.74, 6) is 2.39. The smallest absolute Gasteiger partial charge is 0.408 e. The van der Waals surface area contributed by atoms with E-state index in [1.54, 1.807) is 7.05 Å².